The Hall–Kier alpha value is -3.08. The van der Waals surface area contributed by atoms with Gasteiger partial charge in [0.15, 0.2) is 0 Å². The molecule has 1 aromatic heterocycles. The molecule has 1 amide bonds. The van der Waals surface area contributed by atoms with E-state index in [1.807, 2.05) is 0 Å². The van der Waals surface area contributed by atoms with E-state index in [9.17, 15) is 19.5 Å². The third kappa shape index (κ3) is 5.45. The van der Waals surface area contributed by atoms with E-state index in [2.05, 4.69) is 15.5 Å². The highest BCUT2D eigenvalue weighted by atomic mass is 32.2. The van der Waals surface area contributed by atoms with Crippen molar-refractivity contribution in [3.63, 3.8) is 0 Å². The van der Waals surface area contributed by atoms with Gasteiger partial charge in [-0.25, -0.2) is 4.79 Å². The molecule has 0 aliphatic carbocycles. The lowest BCUT2D eigenvalue weighted by Crippen LogP contribution is -2.44. The molecule has 0 fully saturated rings. The van der Waals surface area contributed by atoms with Gasteiger partial charge >= 0.3 is 5.97 Å². The van der Waals surface area contributed by atoms with Gasteiger partial charge in [0.25, 0.3) is 5.56 Å². The smallest absolute Gasteiger partial charge is 0.328 e. The second-order valence-corrected chi connectivity index (χ2v) is 6.49. The van der Waals surface area contributed by atoms with Gasteiger partial charge in [0.2, 0.25) is 11.1 Å². The van der Waals surface area contributed by atoms with Crippen molar-refractivity contribution in [1.29, 1.82) is 0 Å². The van der Waals surface area contributed by atoms with Crippen LogP contribution in [0.1, 0.15) is 11.3 Å². The highest BCUT2D eigenvalue weighted by Gasteiger charge is 2.22. The zero-order chi connectivity index (χ0) is 20.0. The van der Waals surface area contributed by atoms with Crippen LogP contribution < -0.4 is 16.7 Å². The topological polar surface area (TPSA) is 149 Å². The van der Waals surface area contributed by atoms with Crippen LogP contribution in [0, 0.1) is 6.92 Å². The normalized spacial score (nSPS) is 11.6. The van der Waals surface area contributed by atoms with Crippen LogP contribution in [0.2, 0.25) is 0 Å². The molecular formula is C16H19N5O5S. The van der Waals surface area contributed by atoms with E-state index >= 15 is 0 Å². The zero-order valence-corrected chi connectivity index (χ0v) is 15.5. The number of phenolic OH excluding ortho intramolecular Hbond substituents is 1. The third-order valence-corrected chi connectivity index (χ3v) is 4.49. The van der Waals surface area contributed by atoms with Crippen LogP contribution >= 0.6 is 11.8 Å². The minimum atomic E-state index is -0.906. The third-order valence-electron chi connectivity index (χ3n) is 3.55. The minimum absolute atomic E-state index is 0.0777. The molecule has 0 radical (unpaired) electrons. The van der Waals surface area contributed by atoms with Crippen molar-refractivity contribution in [1.82, 2.24) is 20.2 Å². The monoisotopic (exact) mass is 393 g/mol. The van der Waals surface area contributed by atoms with Crippen molar-refractivity contribution in [2.24, 2.45) is 0 Å². The summed E-state index contributed by atoms with van der Waals surface area (Å²) in [5.41, 5.74) is 0.370. The number of carbonyl (C=O) groups excluding carboxylic acids is 2. The first-order valence-electron chi connectivity index (χ1n) is 7.81. The number of aryl methyl sites for hydroxylation is 1. The van der Waals surface area contributed by atoms with Crippen LogP contribution in [-0.2, 0) is 20.7 Å². The fourth-order valence-corrected chi connectivity index (χ4v) is 2.80. The van der Waals surface area contributed by atoms with Gasteiger partial charge in [0.05, 0.1) is 12.9 Å². The molecule has 144 valence electrons. The van der Waals surface area contributed by atoms with Crippen molar-refractivity contribution < 1.29 is 19.4 Å². The highest BCUT2D eigenvalue weighted by molar-refractivity contribution is 7.99. The maximum atomic E-state index is 12.2. The Morgan fingerprint density at radius 3 is 2.63 bits per heavy atom. The molecule has 0 unspecified atom stereocenters. The number of amides is 1. The zero-order valence-electron chi connectivity index (χ0n) is 14.7. The SMILES string of the molecule is COC(=O)[C@H](Cc1ccc(O)cc1)NC(=O)CSc1nnc(C)c(=O)n1N. The Kier molecular flexibility index (Phi) is 6.77. The average molecular weight is 393 g/mol. The Bertz CT molecular complexity index is 884. The molecule has 11 heteroatoms. The molecule has 0 bridgehead atoms. The first-order chi connectivity index (χ1) is 12.8. The summed E-state index contributed by atoms with van der Waals surface area (Å²) in [6, 6.07) is 5.34. The molecular weight excluding hydrogens is 374 g/mol. The van der Waals surface area contributed by atoms with Crippen molar-refractivity contribution in [3.05, 3.63) is 45.9 Å². The summed E-state index contributed by atoms with van der Waals surface area (Å²) < 4.78 is 5.54. The molecule has 27 heavy (non-hydrogen) atoms. The second kappa shape index (κ2) is 9.03. The van der Waals surface area contributed by atoms with Crippen LogP contribution in [0.25, 0.3) is 0 Å². The van der Waals surface area contributed by atoms with E-state index in [-0.39, 0.29) is 28.8 Å². The molecule has 1 atom stereocenters. The highest BCUT2D eigenvalue weighted by Crippen LogP contribution is 2.13. The summed E-state index contributed by atoms with van der Waals surface area (Å²) in [4.78, 5) is 35.9. The van der Waals surface area contributed by atoms with Crippen LogP contribution in [0.4, 0.5) is 0 Å². The largest absolute Gasteiger partial charge is 0.508 e. The number of esters is 1. The van der Waals surface area contributed by atoms with E-state index in [1.165, 1.54) is 26.2 Å². The number of hydrogen-bond acceptors (Lipinski definition) is 9. The summed E-state index contributed by atoms with van der Waals surface area (Å²) in [6.07, 6.45) is 0.190. The summed E-state index contributed by atoms with van der Waals surface area (Å²) >= 11 is 0.915. The number of nitrogen functional groups attached to an aromatic ring is 1. The van der Waals surface area contributed by atoms with Gasteiger partial charge in [-0.2, -0.15) is 4.68 Å². The van der Waals surface area contributed by atoms with Crippen LogP contribution in [0.3, 0.4) is 0 Å². The summed E-state index contributed by atoms with van der Waals surface area (Å²) in [7, 11) is 1.22. The molecule has 10 nitrogen and oxygen atoms in total. The summed E-state index contributed by atoms with van der Waals surface area (Å²) in [5.74, 6) is 4.51. The fraction of sp³-hybridized carbons (Fsp3) is 0.312. The Balaban J connectivity index is 2.01. The lowest BCUT2D eigenvalue weighted by molar-refractivity contribution is -0.144. The number of benzene rings is 1. The lowest BCUT2D eigenvalue weighted by atomic mass is 10.1. The standard InChI is InChI=1S/C16H19N5O5S/c1-9-14(24)21(17)16(20-19-9)27-8-13(23)18-12(15(25)26-2)7-10-3-5-11(22)6-4-10/h3-6,12,22H,7-8,17H2,1-2H3,(H,18,23)/t12-/m0/s1. The molecule has 4 N–H and O–H groups in total. The average Bonchev–Trinajstić information content (AvgIpc) is 2.66. The van der Waals surface area contributed by atoms with Gasteiger partial charge in [-0.3, -0.25) is 9.59 Å². The van der Waals surface area contributed by atoms with Gasteiger partial charge < -0.3 is 21.0 Å². The summed E-state index contributed by atoms with van der Waals surface area (Å²) in [6.45, 7) is 1.48. The van der Waals surface area contributed by atoms with Gasteiger partial charge in [-0.1, -0.05) is 23.9 Å². The predicted molar refractivity (Wildman–Crippen MR) is 97.7 cm³/mol. The van der Waals surface area contributed by atoms with E-state index < -0.39 is 23.5 Å². The number of hydrogen-bond donors (Lipinski definition) is 3. The number of methoxy groups -OCH3 is 1. The number of ether oxygens (including phenoxy) is 1. The maximum Gasteiger partial charge on any atom is 0.328 e. The van der Waals surface area contributed by atoms with Gasteiger partial charge in [-0.05, 0) is 24.6 Å². The number of nitrogens with one attached hydrogen (secondary N) is 1. The van der Waals surface area contributed by atoms with Crippen molar-refractivity contribution in [3.8, 4) is 5.75 Å². The van der Waals surface area contributed by atoms with Crippen molar-refractivity contribution in [2.75, 3.05) is 18.7 Å². The number of thioether (sulfide) groups is 1. The molecule has 2 aromatic rings. The van der Waals surface area contributed by atoms with E-state index in [0.29, 0.717) is 0 Å². The first-order valence-corrected chi connectivity index (χ1v) is 8.79. The molecule has 1 aromatic carbocycles. The molecule has 2 rings (SSSR count). The number of aromatic nitrogens is 3. The molecule has 0 aliphatic heterocycles. The van der Waals surface area contributed by atoms with Gasteiger partial charge in [-0.15, -0.1) is 10.2 Å². The van der Waals surface area contributed by atoms with E-state index in [1.54, 1.807) is 12.1 Å². The number of carbonyl (C=O) groups is 2. The fourth-order valence-electron chi connectivity index (χ4n) is 2.14. The Morgan fingerprint density at radius 1 is 1.33 bits per heavy atom. The number of phenols is 1. The van der Waals surface area contributed by atoms with E-state index in [4.69, 9.17) is 10.6 Å². The van der Waals surface area contributed by atoms with Crippen molar-refractivity contribution >= 4 is 23.6 Å². The lowest BCUT2D eigenvalue weighted by Gasteiger charge is -2.16. The molecule has 0 saturated carbocycles. The quantitative estimate of drug-likeness (QED) is 0.317. The number of nitrogens with two attached hydrogens (primary N) is 1. The molecule has 0 saturated heterocycles. The predicted octanol–water partition coefficient (Wildman–Crippen LogP) is -0.641. The van der Waals surface area contributed by atoms with Crippen LogP contribution in [0.5, 0.6) is 5.75 Å². The maximum absolute atomic E-state index is 12.2. The Labute approximate surface area is 158 Å². The first kappa shape index (κ1) is 20.2. The molecule has 0 aliphatic rings. The summed E-state index contributed by atoms with van der Waals surface area (Å²) in [5, 5.41) is 19.4. The molecule has 0 spiro atoms. The minimum Gasteiger partial charge on any atom is -0.508 e. The Morgan fingerprint density at radius 2 is 2.00 bits per heavy atom. The van der Waals surface area contributed by atoms with E-state index in [0.717, 1.165) is 22.0 Å². The second-order valence-electron chi connectivity index (χ2n) is 5.55. The number of aromatic hydroxyl groups is 1. The number of nitrogens with zero attached hydrogens (tertiary/aromatic N) is 3. The van der Waals surface area contributed by atoms with Gasteiger partial charge in [0.1, 0.15) is 17.5 Å². The van der Waals surface area contributed by atoms with Gasteiger partial charge in [0, 0.05) is 6.42 Å². The van der Waals surface area contributed by atoms with Crippen molar-refractivity contribution in [2.45, 2.75) is 24.5 Å². The number of rotatable bonds is 7. The molecule has 1 heterocycles. The van der Waals surface area contributed by atoms with Crippen LogP contribution in [0.15, 0.2) is 34.2 Å². The van der Waals surface area contributed by atoms with Crippen LogP contribution in [-0.4, -0.2) is 50.8 Å².